The van der Waals surface area contributed by atoms with Crippen molar-refractivity contribution < 1.29 is 0 Å². The van der Waals surface area contributed by atoms with E-state index in [9.17, 15) is 0 Å². The second-order valence-corrected chi connectivity index (χ2v) is 4.55. The maximum Gasteiger partial charge on any atom is 0.144 e. The summed E-state index contributed by atoms with van der Waals surface area (Å²) in [6.07, 6.45) is 4.18. The van der Waals surface area contributed by atoms with Crippen LogP contribution in [0.2, 0.25) is 0 Å². The summed E-state index contributed by atoms with van der Waals surface area (Å²) in [7, 11) is 0. The molecule has 2 N–H and O–H groups in total. The molecule has 0 radical (unpaired) electrons. The Bertz CT molecular complexity index is 404. The molecule has 2 rings (SSSR count). The molecule has 1 saturated heterocycles. The monoisotopic (exact) mass is 230 g/mol. The highest BCUT2D eigenvalue weighted by Gasteiger charge is 2.20. The van der Waals surface area contributed by atoms with Gasteiger partial charge in [0, 0.05) is 12.2 Å². The number of pyridine rings is 1. The minimum absolute atomic E-state index is 0.338. The van der Waals surface area contributed by atoms with Crippen LogP contribution < -0.4 is 10.6 Å². The van der Waals surface area contributed by atoms with Crippen LogP contribution >= 0.6 is 0 Å². The van der Waals surface area contributed by atoms with Gasteiger partial charge in [0.05, 0.1) is 5.56 Å². The fourth-order valence-electron chi connectivity index (χ4n) is 2.25. The molecule has 1 aliphatic heterocycles. The van der Waals surface area contributed by atoms with Crippen LogP contribution in [-0.4, -0.2) is 24.1 Å². The molecule has 1 aromatic heterocycles. The number of hydrogen-bond donors (Lipinski definition) is 2. The topological polar surface area (TPSA) is 60.7 Å². The molecule has 0 bridgehead atoms. The molecule has 4 heteroatoms. The maximum atomic E-state index is 9.00. The van der Waals surface area contributed by atoms with Crippen LogP contribution in [0.5, 0.6) is 0 Å². The van der Waals surface area contributed by atoms with Gasteiger partial charge in [-0.1, -0.05) is 0 Å². The molecule has 0 aromatic carbocycles. The molecule has 0 amide bonds. The second kappa shape index (κ2) is 5.65. The van der Waals surface area contributed by atoms with Gasteiger partial charge in [-0.25, -0.2) is 4.98 Å². The number of nitriles is 1. The summed E-state index contributed by atoms with van der Waals surface area (Å²) in [5.74, 6) is 1.31. The molecule has 2 heterocycles. The third-order valence-electron chi connectivity index (χ3n) is 3.33. The van der Waals surface area contributed by atoms with Gasteiger partial charge in [0.15, 0.2) is 0 Å². The van der Waals surface area contributed by atoms with Crippen LogP contribution in [0, 0.1) is 17.2 Å². The zero-order valence-electron chi connectivity index (χ0n) is 10.1. The highest BCUT2D eigenvalue weighted by molar-refractivity contribution is 5.51. The van der Waals surface area contributed by atoms with E-state index in [0.717, 1.165) is 13.1 Å². The predicted octanol–water partition coefficient (Wildman–Crippen LogP) is 1.75. The van der Waals surface area contributed by atoms with E-state index < -0.39 is 0 Å². The zero-order chi connectivity index (χ0) is 12.1. The van der Waals surface area contributed by atoms with Gasteiger partial charge in [0.1, 0.15) is 11.9 Å². The molecule has 0 spiro atoms. The first-order valence-corrected chi connectivity index (χ1v) is 6.13. The van der Waals surface area contributed by atoms with E-state index in [0.29, 0.717) is 23.3 Å². The summed E-state index contributed by atoms with van der Waals surface area (Å²) in [4.78, 5) is 4.23. The number of nitrogens with zero attached hydrogens (tertiary/aromatic N) is 2. The average molecular weight is 230 g/mol. The molecule has 2 unspecified atom stereocenters. The van der Waals surface area contributed by atoms with Crippen molar-refractivity contribution in [3.05, 3.63) is 23.9 Å². The lowest BCUT2D eigenvalue weighted by Gasteiger charge is -2.29. The first-order valence-electron chi connectivity index (χ1n) is 6.13. The Hall–Kier alpha value is -1.60. The van der Waals surface area contributed by atoms with Gasteiger partial charge < -0.3 is 10.6 Å². The molecule has 0 saturated carbocycles. The van der Waals surface area contributed by atoms with E-state index in [4.69, 9.17) is 5.26 Å². The van der Waals surface area contributed by atoms with Crippen LogP contribution in [0.1, 0.15) is 25.3 Å². The van der Waals surface area contributed by atoms with Crippen LogP contribution in [0.3, 0.4) is 0 Å². The lowest BCUT2D eigenvalue weighted by Crippen LogP contribution is -2.39. The van der Waals surface area contributed by atoms with Crippen LogP contribution in [0.4, 0.5) is 5.82 Å². The average Bonchev–Trinajstić information content (AvgIpc) is 2.40. The predicted molar refractivity (Wildman–Crippen MR) is 67.6 cm³/mol. The van der Waals surface area contributed by atoms with E-state index in [1.165, 1.54) is 12.8 Å². The van der Waals surface area contributed by atoms with E-state index in [2.05, 4.69) is 28.6 Å². The molecule has 1 aliphatic rings. The maximum absolute atomic E-state index is 9.00. The number of nitrogens with one attached hydrogen (secondary N) is 2. The Morgan fingerprint density at radius 2 is 2.53 bits per heavy atom. The Labute approximate surface area is 102 Å². The summed E-state index contributed by atoms with van der Waals surface area (Å²) in [6, 6.07) is 6.08. The van der Waals surface area contributed by atoms with Crippen LogP contribution in [0.25, 0.3) is 0 Å². The third-order valence-corrected chi connectivity index (χ3v) is 3.33. The minimum Gasteiger partial charge on any atom is -0.366 e. The lowest BCUT2D eigenvalue weighted by atomic mass is 9.93. The molecule has 2 atom stereocenters. The largest absolute Gasteiger partial charge is 0.366 e. The van der Waals surface area contributed by atoms with E-state index in [-0.39, 0.29) is 0 Å². The Morgan fingerprint density at radius 3 is 3.24 bits per heavy atom. The lowest BCUT2D eigenvalue weighted by molar-refractivity contribution is 0.346. The number of piperidine rings is 1. The summed E-state index contributed by atoms with van der Waals surface area (Å²) in [5.41, 5.74) is 0.614. The third kappa shape index (κ3) is 2.95. The van der Waals surface area contributed by atoms with Crippen molar-refractivity contribution in [1.29, 1.82) is 5.26 Å². The van der Waals surface area contributed by atoms with Crippen molar-refractivity contribution in [2.24, 2.45) is 5.92 Å². The van der Waals surface area contributed by atoms with Crippen molar-refractivity contribution in [2.75, 3.05) is 18.4 Å². The van der Waals surface area contributed by atoms with E-state index >= 15 is 0 Å². The number of aromatic nitrogens is 1. The normalized spacial score (nSPS) is 21.5. The van der Waals surface area contributed by atoms with Gasteiger partial charge in [-0.3, -0.25) is 0 Å². The van der Waals surface area contributed by atoms with Crippen LogP contribution in [0.15, 0.2) is 18.3 Å². The molecule has 0 aliphatic carbocycles. The van der Waals surface area contributed by atoms with Crippen molar-refractivity contribution >= 4 is 5.82 Å². The summed E-state index contributed by atoms with van der Waals surface area (Å²) < 4.78 is 0. The molecule has 1 aromatic rings. The van der Waals surface area contributed by atoms with Gasteiger partial charge in [0.25, 0.3) is 0 Å². The highest BCUT2D eigenvalue weighted by atomic mass is 15.0. The van der Waals surface area contributed by atoms with Gasteiger partial charge >= 0.3 is 0 Å². The van der Waals surface area contributed by atoms with E-state index in [1.54, 1.807) is 18.3 Å². The molecular weight excluding hydrogens is 212 g/mol. The summed E-state index contributed by atoms with van der Waals surface area (Å²) in [6.45, 7) is 4.33. The quantitative estimate of drug-likeness (QED) is 0.830. The first kappa shape index (κ1) is 11.9. The SMILES string of the molecule is CC(Nc1ncccc1C#N)C1CCCNC1. The van der Waals surface area contributed by atoms with Gasteiger partial charge in [-0.2, -0.15) is 5.26 Å². The fourth-order valence-corrected chi connectivity index (χ4v) is 2.25. The summed E-state index contributed by atoms with van der Waals surface area (Å²) >= 11 is 0. The number of rotatable bonds is 3. The van der Waals surface area contributed by atoms with Gasteiger partial charge in [-0.15, -0.1) is 0 Å². The molecule has 4 nitrogen and oxygen atoms in total. The van der Waals surface area contributed by atoms with Crippen molar-refractivity contribution in [1.82, 2.24) is 10.3 Å². The van der Waals surface area contributed by atoms with Crippen LogP contribution in [-0.2, 0) is 0 Å². The van der Waals surface area contributed by atoms with Crippen molar-refractivity contribution in [3.63, 3.8) is 0 Å². The highest BCUT2D eigenvalue weighted by Crippen LogP contribution is 2.19. The van der Waals surface area contributed by atoms with Crippen molar-refractivity contribution in [2.45, 2.75) is 25.8 Å². The zero-order valence-corrected chi connectivity index (χ0v) is 10.1. The summed E-state index contributed by atoms with van der Waals surface area (Å²) in [5, 5.41) is 15.8. The minimum atomic E-state index is 0.338. The molecule has 17 heavy (non-hydrogen) atoms. The van der Waals surface area contributed by atoms with Gasteiger partial charge in [0.2, 0.25) is 0 Å². The van der Waals surface area contributed by atoms with E-state index in [1.807, 2.05) is 0 Å². The van der Waals surface area contributed by atoms with Gasteiger partial charge in [-0.05, 0) is 50.9 Å². The Kier molecular flexibility index (Phi) is 3.94. The fraction of sp³-hybridized carbons (Fsp3) is 0.538. The Balaban J connectivity index is 2.02. The smallest absolute Gasteiger partial charge is 0.144 e. The van der Waals surface area contributed by atoms with Crippen molar-refractivity contribution in [3.8, 4) is 6.07 Å². The molecule has 1 fully saturated rings. The number of hydrogen-bond acceptors (Lipinski definition) is 4. The first-order chi connectivity index (χ1) is 8.31. The number of anilines is 1. The second-order valence-electron chi connectivity index (χ2n) is 4.55. The molecule has 90 valence electrons. The standard InChI is InChI=1S/C13H18N4/c1-10(12-5-2-6-15-9-12)17-13-11(8-14)4-3-7-16-13/h3-4,7,10,12,15H,2,5-6,9H2,1H3,(H,16,17). The molecular formula is C13H18N4. The Morgan fingerprint density at radius 1 is 1.65 bits per heavy atom.